The van der Waals surface area contributed by atoms with Gasteiger partial charge in [-0.05, 0) is 53.9 Å². The lowest BCUT2D eigenvalue weighted by Crippen LogP contribution is -2.29. The molecule has 1 N–H and O–H groups in total. The van der Waals surface area contributed by atoms with Gasteiger partial charge in [0.2, 0.25) is 10.0 Å². The molecule has 0 atom stereocenters. The van der Waals surface area contributed by atoms with Crippen LogP contribution in [-0.4, -0.2) is 27.1 Å². The van der Waals surface area contributed by atoms with Crippen LogP contribution in [0.1, 0.15) is 21.5 Å². The predicted molar refractivity (Wildman–Crippen MR) is 126 cm³/mol. The zero-order valence-corrected chi connectivity index (χ0v) is 19.2. The molecule has 0 aromatic heterocycles. The van der Waals surface area contributed by atoms with Crippen molar-refractivity contribution in [2.45, 2.75) is 13.0 Å². The molecule has 31 heavy (non-hydrogen) atoms. The van der Waals surface area contributed by atoms with Gasteiger partial charge in [-0.15, -0.1) is 0 Å². The van der Waals surface area contributed by atoms with Crippen LogP contribution in [0.25, 0.3) is 0 Å². The molecule has 1 amide bonds. The Hall–Kier alpha value is -2.54. The SMILES string of the molecule is CS(=O)(=O)N(Cc1ccc(C(=O)NCCc2ccc(Cl)cc2)cc1)c1ccccc1Cl. The number of sulfonamides is 1. The summed E-state index contributed by atoms with van der Waals surface area (Å²) in [5.41, 5.74) is 2.74. The largest absolute Gasteiger partial charge is 0.352 e. The van der Waals surface area contributed by atoms with Crippen molar-refractivity contribution in [3.8, 4) is 0 Å². The summed E-state index contributed by atoms with van der Waals surface area (Å²) in [6, 6.07) is 21.1. The van der Waals surface area contributed by atoms with Crippen LogP contribution in [0, 0.1) is 0 Å². The molecule has 0 aliphatic carbocycles. The van der Waals surface area contributed by atoms with Crippen molar-refractivity contribution in [2.75, 3.05) is 17.1 Å². The molecule has 0 aliphatic heterocycles. The summed E-state index contributed by atoms with van der Waals surface area (Å²) in [7, 11) is -3.54. The molecule has 0 heterocycles. The summed E-state index contributed by atoms with van der Waals surface area (Å²) in [5.74, 6) is -0.188. The van der Waals surface area contributed by atoms with E-state index < -0.39 is 10.0 Å². The van der Waals surface area contributed by atoms with Crippen LogP contribution in [0.15, 0.2) is 72.8 Å². The minimum atomic E-state index is -3.54. The molecule has 0 radical (unpaired) electrons. The quantitative estimate of drug-likeness (QED) is 0.500. The molecule has 8 heteroatoms. The fourth-order valence-corrected chi connectivity index (χ4v) is 4.35. The number of hydrogen-bond donors (Lipinski definition) is 1. The Morgan fingerprint density at radius 3 is 2.13 bits per heavy atom. The van der Waals surface area contributed by atoms with E-state index in [9.17, 15) is 13.2 Å². The van der Waals surface area contributed by atoms with Crippen molar-refractivity contribution in [1.29, 1.82) is 0 Å². The number of anilines is 1. The molecule has 0 unspecified atom stereocenters. The second kappa shape index (κ2) is 10.2. The van der Waals surface area contributed by atoms with Crippen molar-refractivity contribution in [3.05, 3.63) is 99.5 Å². The van der Waals surface area contributed by atoms with Crippen LogP contribution in [0.5, 0.6) is 0 Å². The van der Waals surface area contributed by atoms with E-state index in [2.05, 4.69) is 5.32 Å². The predicted octanol–water partition coefficient (Wildman–Crippen LogP) is 4.93. The summed E-state index contributed by atoms with van der Waals surface area (Å²) in [4.78, 5) is 12.4. The van der Waals surface area contributed by atoms with E-state index in [4.69, 9.17) is 23.2 Å². The van der Waals surface area contributed by atoms with Crippen LogP contribution in [-0.2, 0) is 23.0 Å². The van der Waals surface area contributed by atoms with Gasteiger partial charge in [-0.2, -0.15) is 0 Å². The Balaban J connectivity index is 1.63. The number of rotatable bonds is 8. The lowest BCUT2D eigenvalue weighted by molar-refractivity contribution is 0.0954. The molecule has 3 aromatic rings. The summed E-state index contributed by atoms with van der Waals surface area (Å²) < 4.78 is 25.9. The minimum Gasteiger partial charge on any atom is -0.352 e. The molecule has 0 saturated heterocycles. The topological polar surface area (TPSA) is 66.5 Å². The van der Waals surface area contributed by atoms with Crippen molar-refractivity contribution >= 4 is 44.8 Å². The first-order chi connectivity index (χ1) is 14.7. The molecule has 0 aliphatic rings. The van der Waals surface area contributed by atoms with Crippen molar-refractivity contribution in [1.82, 2.24) is 5.32 Å². The first kappa shape index (κ1) is 23.1. The maximum Gasteiger partial charge on any atom is 0.251 e. The molecular weight excluding hydrogens is 455 g/mol. The highest BCUT2D eigenvalue weighted by molar-refractivity contribution is 7.92. The van der Waals surface area contributed by atoms with Gasteiger partial charge in [-0.25, -0.2) is 8.42 Å². The van der Waals surface area contributed by atoms with Gasteiger partial charge in [-0.3, -0.25) is 9.10 Å². The summed E-state index contributed by atoms with van der Waals surface area (Å²) >= 11 is 12.1. The van der Waals surface area contributed by atoms with Gasteiger partial charge in [0, 0.05) is 17.1 Å². The third-order valence-electron chi connectivity index (χ3n) is 4.68. The lowest BCUT2D eigenvalue weighted by atomic mass is 10.1. The number of carbonyl (C=O) groups excluding carboxylic acids is 1. The fraction of sp³-hybridized carbons (Fsp3) is 0.174. The van der Waals surface area contributed by atoms with Gasteiger partial charge >= 0.3 is 0 Å². The Bertz CT molecular complexity index is 1150. The Morgan fingerprint density at radius 1 is 0.903 bits per heavy atom. The molecular formula is C23H22Cl2N2O3S. The average Bonchev–Trinajstić information content (AvgIpc) is 2.74. The standard InChI is InChI=1S/C23H22Cl2N2O3S/c1-31(29,30)27(22-5-3-2-4-21(22)25)16-18-6-10-19(11-7-18)23(28)26-15-14-17-8-12-20(24)13-9-17/h2-13H,14-16H2,1H3,(H,26,28). The fourth-order valence-electron chi connectivity index (χ4n) is 3.04. The maximum absolute atomic E-state index is 12.4. The van der Waals surface area contributed by atoms with E-state index in [0.717, 1.165) is 17.4 Å². The number of amides is 1. The molecule has 3 aromatic carbocycles. The number of hydrogen-bond acceptors (Lipinski definition) is 3. The van der Waals surface area contributed by atoms with E-state index in [-0.39, 0.29) is 12.5 Å². The van der Waals surface area contributed by atoms with Crippen molar-refractivity contribution in [3.63, 3.8) is 0 Å². The number of para-hydroxylation sites is 1. The number of carbonyl (C=O) groups is 1. The van der Waals surface area contributed by atoms with E-state index in [1.54, 1.807) is 48.5 Å². The Labute approximate surface area is 192 Å². The molecule has 0 saturated carbocycles. The Morgan fingerprint density at radius 2 is 1.52 bits per heavy atom. The van der Waals surface area contributed by atoms with E-state index in [0.29, 0.717) is 34.3 Å². The highest BCUT2D eigenvalue weighted by Crippen LogP contribution is 2.28. The number of benzene rings is 3. The second-order valence-electron chi connectivity index (χ2n) is 7.05. The van der Waals surface area contributed by atoms with Gasteiger partial charge < -0.3 is 5.32 Å². The van der Waals surface area contributed by atoms with Gasteiger partial charge in [0.25, 0.3) is 5.91 Å². The maximum atomic E-state index is 12.4. The van der Waals surface area contributed by atoms with Gasteiger partial charge in [0.15, 0.2) is 0 Å². The van der Waals surface area contributed by atoms with Crippen LogP contribution < -0.4 is 9.62 Å². The van der Waals surface area contributed by atoms with Gasteiger partial charge in [-0.1, -0.05) is 59.6 Å². The molecule has 0 spiro atoms. The lowest BCUT2D eigenvalue weighted by Gasteiger charge is -2.23. The van der Waals surface area contributed by atoms with Crippen LogP contribution in [0.3, 0.4) is 0 Å². The highest BCUT2D eigenvalue weighted by Gasteiger charge is 2.20. The average molecular weight is 477 g/mol. The number of nitrogens with zero attached hydrogens (tertiary/aromatic N) is 1. The third kappa shape index (κ3) is 6.47. The second-order valence-corrected chi connectivity index (χ2v) is 9.80. The smallest absolute Gasteiger partial charge is 0.251 e. The highest BCUT2D eigenvalue weighted by atomic mass is 35.5. The molecule has 0 bridgehead atoms. The van der Waals surface area contributed by atoms with Gasteiger partial charge in [0.05, 0.1) is 23.5 Å². The Kier molecular flexibility index (Phi) is 7.59. The third-order valence-corrected chi connectivity index (χ3v) is 6.37. The minimum absolute atomic E-state index is 0.112. The first-order valence-electron chi connectivity index (χ1n) is 9.58. The van der Waals surface area contributed by atoms with Gasteiger partial charge in [0.1, 0.15) is 0 Å². The van der Waals surface area contributed by atoms with Crippen LogP contribution in [0.4, 0.5) is 5.69 Å². The van der Waals surface area contributed by atoms with Crippen LogP contribution >= 0.6 is 23.2 Å². The summed E-state index contributed by atoms with van der Waals surface area (Å²) in [6.45, 7) is 0.609. The number of halogens is 2. The van der Waals surface area contributed by atoms with Crippen molar-refractivity contribution in [2.24, 2.45) is 0 Å². The zero-order valence-electron chi connectivity index (χ0n) is 16.9. The van der Waals surface area contributed by atoms with Crippen molar-refractivity contribution < 1.29 is 13.2 Å². The van der Waals surface area contributed by atoms with E-state index >= 15 is 0 Å². The number of nitrogens with one attached hydrogen (secondary N) is 1. The monoisotopic (exact) mass is 476 g/mol. The van der Waals surface area contributed by atoms with Crippen LogP contribution in [0.2, 0.25) is 10.0 Å². The molecule has 5 nitrogen and oxygen atoms in total. The molecule has 162 valence electrons. The first-order valence-corrected chi connectivity index (χ1v) is 12.2. The molecule has 0 fully saturated rings. The zero-order chi connectivity index (χ0) is 22.4. The van der Waals surface area contributed by atoms with E-state index in [1.165, 1.54) is 4.31 Å². The molecule has 3 rings (SSSR count). The summed E-state index contributed by atoms with van der Waals surface area (Å²) in [5, 5.41) is 3.91. The normalized spacial score (nSPS) is 11.2. The summed E-state index contributed by atoms with van der Waals surface area (Å²) in [6.07, 6.45) is 1.83. The van der Waals surface area contributed by atoms with E-state index in [1.807, 2.05) is 24.3 Å².